The number of amides is 8. The predicted octanol–water partition coefficient (Wildman–Crippen LogP) is 1.49. The van der Waals surface area contributed by atoms with Crippen molar-refractivity contribution in [2.24, 2.45) is 0 Å². The number of carboxylic acid groups (broad SMARTS) is 1. The number of aliphatic carboxylic acids is 1. The largest absolute Gasteiger partial charge is 0.480 e. The number of aliphatic hydroxyl groups is 1. The fraction of sp³-hybridized carbons (Fsp3) is 0.439. The average Bonchev–Trinajstić information content (AvgIpc) is 2.02. The van der Waals surface area contributed by atoms with Crippen LogP contribution in [0.15, 0.2) is 65.5 Å². The van der Waals surface area contributed by atoms with Crippen molar-refractivity contribution in [3.05, 3.63) is 98.9 Å². The predicted molar refractivity (Wildman–Crippen MR) is 296 cm³/mol. The maximum Gasteiger partial charge on any atom is 0.413 e. The van der Waals surface area contributed by atoms with Gasteiger partial charge in [0.05, 0.1) is 48.7 Å². The van der Waals surface area contributed by atoms with E-state index in [1.807, 2.05) is 27.1 Å². The minimum atomic E-state index is -2.02. The lowest BCUT2D eigenvalue weighted by Crippen LogP contribution is -2.54. The lowest BCUT2D eigenvalue weighted by molar-refractivity contribution is -0.916. The standard InChI is InChI=1S/C57H68N10O16/c1-7-57(80)40-26-43-50-35(28-66(43)54(77)39(40)31-82-55(57)78)25-37-38(44(18-16-41(37)64-50)83-56(79)59-27-49(72)73)30-67(5,6)29-34-12-14-36(15-13-34)62-52(75)33(4)60-51(74)32(3)61-53(76)42(17-19-45(68)58-22-10-24-81-8-2)63-46(69)11-9-23-65-47(70)20-21-48(65)71/h12-16,18,20-21,25-26,32-33,42,80H,7-11,17,19,22-24,27-31H2,1-6H3,(H6-,58,59,60,61,62,63,68,69,72,73,74,75,76,79)/p+1/t32-,33-,42-,57-/m0/s1. The van der Waals surface area contributed by atoms with E-state index in [1.54, 1.807) is 49.4 Å². The number of nitrogens with zero attached hydrogens (tertiary/aromatic N) is 4. The molecule has 8 amide bonds. The molecule has 0 fully saturated rings. The number of carboxylic acids is 1. The Balaban J connectivity index is 0.982. The molecule has 0 bridgehead atoms. The van der Waals surface area contributed by atoms with Crippen LogP contribution < -0.4 is 42.2 Å². The Morgan fingerprint density at radius 2 is 1.53 bits per heavy atom. The summed E-state index contributed by atoms with van der Waals surface area (Å²) in [6, 6.07) is 10.0. The van der Waals surface area contributed by atoms with E-state index >= 15 is 0 Å². The molecule has 2 aromatic heterocycles. The van der Waals surface area contributed by atoms with Crippen LogP contribution in [0.1, 0.15) is 94.0 Å². The van der Waals surface area contributed by atoms with Crippen molar-refractivity contribution in [2.75, 3.05) is 52.3 Å². The first kappa shape index (κ1) is 61.7. The van der Waals surface area contributed by atoms with Gasteiger partial charge < -0.3 is 65.4 Å². The van der Waals surface area contributed by atoms with Crippen LogP contribution in [-0.4, -0.2) is 154 Å². The van der Waals surface area contributed by atoms with Crippen LogP contribution in [-0.2, 0) is 84.5 Å². The third-order valence-corrected chi connectivity index (χ3v) is 14.3. The van der Waals surface area contributed by atoms with Crippen molar-refractivity contribution in [1.29, 1.82) is 0 Å². The number of hydrogen-bond donors (Lipinski definition) is 8. The summed E-state index contributed by atoms with van der Waals surface area (Å²) in [5.41, 5.74) is 1.63. The monoisotopic (exact) mass is 1150 g/mol. The number of benzene rings is 2. The number of imide groups is 1. The zero-order chi connectivity index (χ0) is 60.3. The highest BCUT2D eigenvalue weighted by Gasteiger charge is 2.45. The van der Waals surface area contributed by atoms with E-state index in [-0.39, 0.29) is 85.6 Å². The van der Waals surface area contributed by atoms with Gasteiger partial charge in [-0.15, -0.1) is 0 Å². The maximum atomic E-state index is 13.9. The lowest BCUT2D eigenvalue weighted by Gasteiger charge is -2.31. The number of aromatic nitrogens is 2. The number of ether oxygens (including phenoxy) is 3. The maximum absolute atomic E-state index is 13.9. The van der Waals surface area contributed by atoms with E-state index in [4.69, 9.17) is 19.2 Å². The fourth-order valence-electron chi connectivity index (χ4n) is 9.83. The second-order valence-corrected chi connectivity index (χ2v) is 21.1. The third kappa shape index (κ3) is 15.2. The molecule has 3 aliphatic heterocycles. The number of hydrogen-bond acceptors (Lipinski definition) is 16. The number of quaternary nitrogens is 1. The zero-order valence-electron chi connectivity index (χ0n) is 47.0. The molecule has 0 saturated carbocycles. The summed E-state index contributed by atoms with van der Waals surface area (Å²) < 4.78 is 18.0. The van der Waals surface area contributed by atoms with Crippen LogP contribution in [0, 0.1) is 0 Å². The van der Waals surface area contributed by atoms with E-state index in [2.05, 4.69) is 31.9 Å². The highest BCUT2D eigenvalue weighted by Crippen LogP contribution is 2.40. The van der Waals surface area contributed by atoms with Crippen LogP contribution in [0.2, 0.25) is 0 Å². The number of fused-ring (bicyclic) bond motifs is 5. The molecule has 3 aliphatic rings. The molecule has 4 atom stereocenters. The molecule has 0 aliphatic carbocycles. The number of carbonyl (C=O) groups excluding carboxylic acids is 9. The molecule has 5 heterocycles. The van der Waals surface area contributed by atoms with Crippen LogP contribution in [0.25, 0.3) is 22.3 Å². The molecule has 7 rings (SSSR count). The third-order valence-electron chi connectivity index (χ3n) is 14.3. The number of anilines is 1. The summed E-state index contributed by atoms with van der Waals surface area (Å²) in [4.78, 5) is 147. The molecule has 26 heteroatoms. The molecule has 26 nitrogen and oxygen atoms in total. The smallest absolute Gasteiger partial charge is 0.413 e. The fourth-order valence-corrected chi connectivity index (χ4v) is 9.83. The van der Waals surface area contributed by atoms with Crippen LogP contribution in [0.3, 0.4) is 0 Å². The number of nitrogens with one attached hydrogen (secondary N) is 6. The molecule has 83 heavy (non-hydrogen) atoms. The summed E-state index contributed by atoms with van der Waals surface area (Å²) >= 11 is 0. The molecule has 0 radical (unpaired) electrons. The average molecular weight is 1150 g/mol. The number of carbonyl (C=O) groups is 10. The van der Waals surface area contributed by atoms with Gasteiger partial charge in [0.2, 0.25) is 29.5 Å². The molecule has 0 unspecified atom stereocenters. The summed E-state index contributed by atoms with van der Waals surface area (Å²) in [6.45, 7) is 7.34. The van der Waals surface area contributed by atoms with Crippen LogP contribution in [0.4, 0.5) is 10.5 Å². The number of cyclic esters (lactones) is 1. The highest BCUT2D eigenvalue weighted by atomic mass is 16.6. The zero-order valence-corrected chi connectivity index (χ0v) is 47.0. The summed E-state index contributed by atoms with van der Waals surface area (Å²) in [5.74, 6) is -6.02. The quantitative estimate of drug-likeness (QED) is 0.0160. The minimum absolute atomic E-state index is 0.0206. The van der Waals surface area contributed by atoms with E-state index < -0.39 is 89.3 Å². The van der Waals surface area contributed by atoms with Gasteiger partial charge in [-0.05, 0) is 82.9 Å². The normalized spacial score (nSPS) is 16.2. The Morgan fingerprint density at radius 1 is 0.831 bits per heavy atom. The molecule has 4 aromatic rings. The SMILES string of the molecule is CCOCCCNC(=O)CC[C@H](NC(=O)CCCN1C(=O)C=CC1=O)C(=O)N[C@@H](C)C(=O)N[C@@H](C)C(=O)Nc1ccc(C[N+](C)(C)Cc2c(OC(=O)NCC(=O)O)ccc3nc4c(cc23)Cn2c-4cc3c(c2=O)COC(=O)[C@]3(O)CC)cc1. The van der Waals surface area contributed by atoms with Crippen molar-refractivity contribution >= 4 is 76.0 Å². The molecule has 2 aromatic carbocycles. The van der Waals surface area contributed by atoms with Crippen molar-refractivity contribution in [3.63, 3.8) is 0 Å². The Labute approximate surface area is 476 Å². The number of rotatable bonds is 27. The molecule has 0 spiro atoms. The molecular formula is C57H69N10O16+. The van der Waals surface area contributed by atoms with Crippen molar-refractivity contribution in [2.45, 2.75) is 116 Å². The minimum Gasteiger partial charge on any atom is -0.480 e. The van der Waals surface area contributed by atoms with Gasteiger partial charge in [-0.25, -0.2) is 14.6 Å². The lowest BCUT2D eigenvalue weighted by atomic mass is 9.86. The van der Waals surface area contributed by atoms with Gasteiger partial charge in [0.25, 0.3) is 17.4 Å². The van der Waals surface area contributed by atoms with Crippen LogP contribution in [0.5, 0.6) is 5.75 Å². The van der Waals surface area contributed by atoms with Gasteiger partial charge in [-0.3, -0.25) is 48.1 Å². The van der Waals surface area contributed by atoms with Crippen LogP contribution >= 0.6 is 0 Å². The summed E-state index contributed by atoms with van der Waals surface area (Å²) in [7, 11) is 3.87. The summed E-state index contributed by atoms with van der Waals surface area (Å²) in [6.07, 6.45) is 1.49. The van der Waals surface area contributed by atoms with Gasteiger partial charge in [-0.2, -0.15) is 0 Å². The first-order chi connectivity index (χ1) is 39.4. The van der Waals surface area contributed by atoms with Gasteiger partial charge in [-0.1, -0.05) is 19.1 Å². The Hall–Kier alpha value is -8.88. The first-order valence-corrected chi connectivity index (χ1v) is 27.2. The molecular weight excluding hydrogens is 1080 g/mol. The van der Waals surface area contributed by atoms with Gasteiger partial charge in [0.15, 0.2) is 5.60 Å². The van der Waals surface area contributed by atoms with E-state index in [0.29, 0.717) is 71.8 Å². The van der Waals surface area contributed by atoms with Crippen molar-refractivity contribution in [3.8, 4) is 17.1 Å². The number of esters is 1. The highest BCUT2D eigenvalue weighted by molar-refractivity contribution is 6.13. The van der Waals surface area contributed by atoms with Crippen molar-refractivity contribution in [1.82, 2.24) is 41.0 Å². The Kier molecular flexibility index (Phi) is 19.9. The Bertz CT molecular complexity index is 3300. The van der Waals surface area contributed by atoms with Crippen molar-refractivity contribution < 1.29 is 76.9 Å². The second kappa shape index (κ2) is 26.8. The molecule has 442 valence electrons. The second-order valence-electron chi connectivity index (χ2n) is 21.1. The van der Waals surface area contributed by atoms with Gasteiger partial charge in [0, 0.05) is 79.1 Å². The summed E-state index contributed by atoms with van der Waals surface area (Å²) in [5, 5.41) is 36.6. The Morgan fingerprint density at radius 3 is 2.22 bits per heavy atom. The van der Waals surface area contributed by atoms with E-state index in [1.165, 1.54) is 18.4 Å². The molecule has 0 saturated heterocycles. The van der Waals surface area contributed by atoms with E-state index in [9.17, 15) is 63.0 Å². The van der Waals surface area contributed by atoms with Gasteiger partial charge in [0.1, 0.15) is 50.1 Å². The topological polar surface area (TPSA) is 349 Å². The first-order valence-electron chi connectivity index (χ1n) is 27.2. The van der Waals surface area contributed by atoms with E-state index in [0.717, 1.165) is 22.6 Å². The van der Waals surface area contributed by atoms with Gasteiger partial charge >= 0.3 is 18.0 Å². The number of pyridine rings is 2. The molecule has 8 N–H and O–H groups in total.